The maximum Gasteiger partial charge on any atom is 0.264 e. The predicted molar refractivity (Wildman–Crippen MR) is 109 cm³/mol. The van der Waals surface area contributed by atoms with Crippen molar-refractivity contribution in [2.24, 2.45) is 0 Å². The van der Waals surface area contributed by atoms with Crippen LogP contribution in [0.1, 0.15) is 33.6 Å². The van der Waals surface area contributed by atoms with Crippen molar-refractivity contribution in [3.63, 3.8) is 0 Å². The van der Waals surface area contributed by atoms with Gasteiger partial charge in [-0.05, 0) is 24.3 Å². The molecule has 0 heterocycles. The molecule has 0 saturated heterocycles. The van der Waals surface area contributed by atoms with Crippen LogP contribution in [-0.4, -0.2) is 60.5 Å². The summed E-state index contributed by atoms with van der Waals surface area (Å²) in [5.41, 5.74) is 0.513. The molecule has 1 aromatic rings. The van der Waals surface area contributed by atoms with Crippen LogP contribution in [0.25, 0.3) is 0 Å². The Bertz CT molecular complexity index is 928. The number of Topliss-reactive ketones (excluding diaryl/α,β-unsaturated/α-hetero) is 2. The summed E-state index contributed by atoms with van der Waals surface area (Å²) in [6.45, 7) is 0. The normalized spacial score (nSPS) is 15.1. The van der Waals surface area contributed by atoms with Crippen molar-refractivity contribution in [3.8, 4) is 0 Å². The lowest BCUT2D eigenvalue weighted by atomic mass is 9.94. The summed E-state index contributed by atoms with van der Waals surface area (Å²) in [6.07, 6.45) is 0.188. The van der Waals surface area contributed by atoms with Crippen LogP contribution in [0.5, 0.6) is 0 Å². The fourth-order valence-electron chi connectivity index (χ4n) is 2.42. The average molecular weight is 467 g/mol. The molecule has 0 saturated carbocycles. The largest absolute Gasteiger partial charge is 0.288 e. The highest BCUT2D eigenvalue weighted by Crippen LogP contribution is 2.38. The van der Waals surface area contributed by atoms with Gasteiger partial charge in [-0.1, -0.05) is 24.3 Å². The van der Waals surface area contributed by atoms with Crippen molar-refractivity contribution in [2.45, 2.75) is 12.8 Å². The fraction of sp³-hybridized carbons (Fsp3) is 0.375. The van der Waals surface area contributed by atoms with Gasteiger partial charge in [0.05, 0.1) is 21.3 Å². The quantitative estimate of drug-likeness (QED) is 0.389. The monoisotopic (exact) mass is 466 g/mol. The zero-order valence-corrected chi connectivity index (χ0v) is 17.8. The van der Waals surface area contributed by atoms with E-state index >= 15 is 0 Å². The smallest absolute Gasteiger partial charge is 0.264 e. The number of hydrogen-bond acceptors (Lipinski definition) is 8. The van der Waals surface area contributed by atoms with E-state index in [0.717, 1.165) is 23.5 Å². The molecule has 154 valence electrons. The lowest BCUT2D eigenvalue weighted by molar-refractivity contribution is 0.0988. The summed E-state index contributed by atoms with van der Waals surface area (Å²) in [7, 11) is -8.22. The Hall–Kier alpha value is -1.18. The number of carbonyl (C=O) groups excluding carboxylic acids is 2. The van der Waals surface area contributed by atoms with Gasteiger partial charge in [0.15, 0.2) is 0 Å². The number of hydrogen-bond donors (Lipinski definition) is 2. The summed E-state index contributed by atoms with van der Waals surface area (Å²) in [5.74, 6) is -1.23. The Morgan fingerprint density at radius 3 is 1.39 bits per heavy atom. The molecule has 0 aliphatic heterocycles. The second kappa shape index (κ2) is 9.55. The number of thioether (sulfide) groups is 2. The van der Waals surface area contributed by atoms with Gasteiger partial charge in [-0.25, -0.2) is 0 Å². The van der Waals surface area contributed by atoms with Crippen molar-refractivity contribution in [1.82, 2.24) is 0 Å². The summed E-state index contributed by atoms with van der Waals surface area (Å²) < 4.78 is 60.9. The molecule has 2 rings (SSSR count). The topological polar surface area (TPSA) is 143 Å². The highest BCUT2D eigenvalue weighted by Gasteiger charge is 2.32. The van der Waals surface area contributed by atoms with Crippen LogP contribution in [0.3, 0.4) is 0 Å². The zero-order chi connectivity index (χ0) is 20.9. The molecular weight excluding hydrogens is 448 g/mol. The Morgan fingerprint density at radius 2 is 1.07 bits per heavy atom. The molecule has 0 bridgehead atoms. The average Bonchev–Trinajstić information content (AvgIpc) is 2.59. The maximum atomic E-state index is 12.8. The van der Waals surface area contributed by atoms with E-state index in [1.165, 1.54) is 12.1 Å². The molecule has 0 amide bonds. The number of allylic oxidation sites excluding steroid dienone is 2. The van der Waals surface area contributed by atoms with Gasteiger partial charge >= 0.3 is 0 Å². The molecule has 1 aliphatic rings. The third-order valence-electron chi connectivity index (χ3n) is 3.62. The molecule has 0 atom stereocenters. The Balaban J connectivity index is 2.20. The van der Waals surface area contributed by atoms with Crippen LogP contribution in [0.4, 0.5) is 0 Å². The number of carbonyl (C=O) groups is 2. The molecule has 2 N–H and O–H groups in total. The second-order valence-corrected chi connectivity index (χ2v) is 11.2. The minimum atomic E-state index is -4.11. The van der Waals surface area contributed by atoms with Gasteiger partial charge in [-0.2, -0.15) is 16.8 Å². The fourth-order valence-corrected chi connectivity index (χ4v) is 6.08. The van der Waals surface area contributed by atoms with E-state index in [0.29, 0.717) is 0 Å². The molecule has 28 heavy (non-hydrogen) atoms. The third-order valence-corrected chi connectivity index (χ3v) is 7.70. The molecule has 0 radical (unpaired) electrons. The van der Waals surface area contributed by atoms with E-state index in [4.69, 9.17) is 9.11 Å². The molecule has 1 aromatic carbocycles. The van der Waals surface area contributed by atoms with Crippen LogP contribution in [-0.2, 0) is 20.2 Å². The second-order valence-electron chi connectivity index (χ2n) is 5.84. The van der Waals surface area contributed by atoms with Crippen molar-refractivity contribution >= 4 is 55.3 Å². The van der Waals surface area contributed by atoms with Gasteiger partial charge in [0.2, 0.25) is 11.6 Å². The van der Waals surface area contributed by atoms with E-state index < -0.39 is 31.7 Å². The van der Waals surface area contributed by atoms with Crippen LogP contribution in [0.2, 0.25) is 0 Å². The molecule has 0 aromatic heterocycles. The number of ketones is 2. The Labute approximate surface area is 171 Å². The Morgan fingerprint density at radius 1 is 0.714 bits per heavy atom. The molecule has 12 heteroatoms. The molecular formula is C16H18O8S4. The number of benzene rings is 1. The summed E-state index contributed by atoms with van der Waals surface area (Å²) in [6, 6.07) is 6.34. The first kappa shape index (κ1) is 23.1. The van der Waals surface area contributed by atoms with Crippen LogP contribution >= 0.6 is 23.5 Å². The van der Waals surface area contributed by atoms with Crippen LogP contribution in [0, 0.1) is 0 Å². The van der Waals surface area contributed by atoms with Crippen molar-refractivity contribution < 1.29 is 35.5 Å². The van der Waals surface area contributed by atoms with Gasteiger partial charge in [-0.15, -0.1) is 23.5 Å². The maximum absolute atomic E-state index is 12.8. The molecule has 8 nitrogen and oxygen atoms in total. The lowest BCUT2D eigenvalue weighted by Gasteiger charge is -2.20. The predicted octanol–water partition coefficient (Wildman–Crippen LogP) is 2.30. The first-order valence-corrected chi connectivity index (χ1v) is 13.3. The van der Waals surface area contributed by atoms with Crippen molar-refractivity contribution in [2.75, 3.05) is 23.0 Å². The van der Waals surface area contributed by atoms with E-state index in [2.05, 4.69) is 0 Å². The van der Waals surface area contributed by atoms with Gasteiger partial charge in [0.25, 0.3) is 20.2 Å². The summed E-state index contributed by atoms with van der Waals surface area (Å²) >= 11 is 2.06. The van der Waals surface area contributed by atoms with Crippen LogP contribution in [0.15, 0.2) is 34.1 Å². The van der Waals surface area contributed by atoms with E-state index in [-0.39, 0.29) is 56.9 Å². The molecule has 0 spiro atoms. The third kappa shape index (κ3) is 6.71. The van der Waals surface area contributed by atoms with Crippen molar-refractivity contribution in [1.29, 1.82) is 0 Å². The molecule has 0 unspecified atom stereocenters. The van der Waals surface area contributed by atoms with Gasteiger partial charge < -0.3 is 0 Å². The standard InChI is InChI=1S/C16H18O8S4/c17-13-11-5-1-2-6-12(11)14(18)16(26-8-4-10-28(22,23)24)15(13)25-7-3-9-27(19,20)21/h1-2,5-6H,3-4,7-10H2,(H,19,20,21)(H,22,23,24). The van der Waals surface area contributed by atoms with E-state index in [1.807, 2.05) is 0 Å². The van der Waals surface area contributed by atoms with E-state index in [1.54, 1.807) is 12.1 Å². The highest BCUT2D eigenvalue weighted by atomic mass is 32.2. The Kier molecular flexibility index (Phi) is 7.88. The van der Waals surface area contributed by atoms with E-state index in [9.17, 15) is 26.4 Å². The van der Waals surface area contributed by atoms with Gasteiger partial charge in [0.1, 0.15) is 0 Å². The summed E-state index contributed by atoms with van der Waals surface area (Å²) in [5, 5.41) is 0. The van der Waals surface area contributed by atoms with Gasteiger partial charge in [0, 0.05) is 11.1 Å². The van der Waals surface area contributed by atoms with Gasteiger partial charge in [-0.3, -0.25) is 18.7 Å². The first-order chi connectivity index (χ1) is 13.0. The van der Waals surface area contributed by atoms with Crippen molar-refractivity contribution in [3.05, 3.63) is 45.2 Å². The minimum Gasteiger partial charge on any atom is -0.288 e. The first-order valence-electron chi connectivity index (χ1n) is 8.08. The number of fused-ring (bicyclic) bond motifs is 1. The SMILES string of the molecule is O=C1C(SCCCS(=O)(=O)O)=C(SCCCS(=O)(=O)O)C(=O)c2ccccc21. The number of rotatable bonds is 10. The molecule has 0 fully saturated rings. The highest BCUT2D eigenvalue weighted by molar-refractivity contribution is 8.08. The zero-order valence-electron chi connectivity index (χ0n) is 14.5. The minimum absolute atomic E-state index is 0.0941. The summed E-state index contributed by atoms with van der Waals surface area (Å²) in [4.78, 5) is 26.0. The van der Waals surface area contributed by atoms with Crippen LogP contribution < -0.4 is 0 Å². The lowest BCUT2D eigenvalue weighted by Crippen LogP contribution is -2.20. The molecule has 1 aliphatic carbocycles.